The van der Waals surface area contributed by atoms with Crippen LogP contribution in [0.4, 0.5) is 5.69 Å². The van der Waals surface area contributed by atoms with E-state index in [1.807, 2.05) is 0 Å². The Morgan fingerprint density at radius 1 is 1.05 bits per heavy atom. The first-order chi connectivity index (χ1) is 10.1. The lowest BCUT2D eigenvalue weighted by molar-refractivity contribution is -0.138. The number of unbranched alkanes of at least 4 members (excludes halogenated alkanes) is 1. The largest absolute Gasteiger partial charge is 0.494 e. The zero-order valence-electron chi connectivity index (χ0n) is 12.4. The van der Waals surface area contributed by atoms with Gasteiger partial charge in [0.2, 0.25) is 5.71 Å². The van der Waals surface area contributed by atoms with Crippen molar-refractivity contribution < 1.29 is 23.8 Å². The Morgan fingerprint density at radius 2 is 1.62 bits per heavy atom. The Balaban J connectivity index is 2.85. The molecule has 1 aromatic rings. The average Bonchev–Trinajstić information content (AvgIpc) is 2.52. The fourth-order valence-electron chi connectivity index (χ4n) is 1.45. The summed E-state index contributed by atoms with van der Waals surface area (Å²) in [4.78, 5) is 26.9. The summed E-state index contributed by atoms with van der Waals surface area (Å²) in [5.74, 6) is -0.977. The van der Waals surface area contributed by atoms with Gasteiger partial charge in [-0.15, -0.1) is 0 Å². The van der Waals surface area contributed by atoms with Crippen LogP contribution in [0.25, 0.3) is 0 Å². The number of hydrogen-bond acceptors (Lipinski definition) is 6. The van der Waals surface area contributed by atoms with E-state index in [0.717, 1.165) is 12.8 Å². The number of carbonyl (C=O) groups is 2. The molecule has 1 aromatic carbocycles. The van der Waals surface area contributed by atoms with Crippen LogP contribution in [-0.4, -0.2) is 38.5 Å². The molecule has 0 atom stereocenters. The van der Waals surface area contributed by atoms with Crippen molar-refractivity contribution in [3.63, 3.8) is 0 Å². The first-order valence-electron chi connectivity index (χ1n) is 6.60. The van der Waals surface area contributed by atoms with E-state index in [1.54, 1.807) is 24.3 Å². The first kappa shape index (κ1) is 16.7. The average molecular weight is 293 g/mol. The number of esters is 2. The Labute approximate surface area is 123 Å². The molecule has 0 aliphatic rings. The highest BCUT2D eigenvalue weighted by Gasteiger charge is 2.22. The molecule has 0 heterocycles. The minimum Gasteiger partial charge on any atom is -0.494 e. The van der Waals surface area contributed by atoms with Crippen molar-refractivity contribution in [3.8, 4) is 5.75 Å². The molecule has 0 amide bonds. The Bertz CT molecular complexity index is 489. The highest BCUT2D eigenvalue weighted by atomic mass is 16.5. The molecule has 0 fully saturated rings. The Hall–Kier alpha value is -2.37. The predicted octanol–water partition coefficient (Wildman–Crippen LogP) is 2.28. The van der Waals surface area contributed by atoms with E-state index in [1.165, 1.54) is 14.2 Å². The van der Waals surface area contributed by atoms with Crippen LogP contribution in [0.2, 0.25) is 0 Å². The molecular formula is C15H19NO5. The van der Waals surface area contributed by atoms with Gasteiger partial charge in [-0.25, -0.2) is 14.6 Å². The van der Waals surface area contributed by atoms with Crippen LogP contribution in [0.15, 0.2) is 29.3 Å². The van der Waals surface area contributed by atoms with Crippen molar-refractivity contribution >= 4 is 23.3 Å². The number of hydrogen-bond donors (Lipinski definition) is 0. The van der Waals surface area contributed by atoms with E-state index < -0.39 is 17.7 Å². The second kappa shape index (κ2) is 8.73. The molecule has 0 aliphatic heterocycles. The predicted molar refractivity (Wildman–Crippen MR) is 78.0 cm³/mol. The number of carbonyl (C=O) groups excluding carboxylic acids is 2. The molecule has 0 aromatic heterocycles. The summed E-state index contributed by atoms with van der Waals surface area (Å²) >= 11 is 0. The molecule has 6 nitrogen and oxygen atoms in total. The quantitative estimate of drug-likeness (QED) is 0.334. The van der Waals surface area contributed by atoms with Gasteiger partial charge in [0.1, 0.15) is 5.75 Å². The highest BCUT2D eigenvalue weighted by molar-refractivity contribution is 6.62. The van der Waals surface area contributed by atoms with E-state index in [4.69, 9.17) is 4.74 Å². The minimum absolute atomic E-state index is 0.403. The second-order valence-electron chi connectivity index (χ2n) is 4.14. The summed E-state index contributed by atoms with van der Waals surface area (Å²) in [7, 11) is 2.34. The van der Waals surface area contributed by atoms with Crippen LogP contribution >= 0.6 is 0 Å². The van der Waals surface area contributed by atoms with E-state index in [-0.39, 0.29) is 0 Å². The van der Waals surface area contributed by atoms with Crippen molar-refractivity contribution in [2.45, 2.75) is 19.8 Å². The van der Waals surface area contributed by atoms with Gasteiger partial charge in [-0.05, 0) is 30.7 Å². The SMILES string of the molecule is CCCCOc1ccc(N=C(C(=O)OC)C(=O)OC)cc1. The van der Waals surface area contributed by atoms with Crippen LogP contribution in [0.5, 0.6) is 5.75 Å². The van der Waals surface area contributed by atoms with Gasteiger partial charge in [0.15, 0.2) is 0 Å². The van der Waals surface area contributed by atoms with Crippen LogP contribution in [0.3, 0.4) is 0 Å². The Kier molecular flexibility index (Phi) is 6.94. The molecule has 114 valence electrons. The van der Waals surface area contributed by atoms with E-state index in [0.29, 0.717) is 18.0 Å². The molecule has 0 unspecified atom stereocenters. The molecule has 0 radical (unpaired) electrons. The number of benzene rings is 1. The number of methoxy groups -OCH3 is 2. The molecule has 6 heteroatoms. The van der Waals surface area contributed by atoms with Gasteiger partial charge in [0.25, 0.3) is 0 Å². The van der Waals surface area contributed by atoms with Gasteiger partial charge in [0.05, 0.1) is 26.5 Å². The maximum absolute atomic E-state index is 11.5. The molecular weight excluding hydrogens is 274 g/mol. The van der Waals surface area contributed by atoms with Crippen molar-refractivity contribution in [2.75, 3.05) is 20.8 Å². The molecule has 0 aliphatic carbocycles. The third-order valence-electron chi connectivity index (χ3n) is 2.60. The van der Waals surface area contributed by atoms with Crippen molar-refractivity contribution in [1.29, 1.82) is 0 Å². The van der Waals surface area contributed by atoms with Gasteiger partial charge in [-0.3, -0.25) is 0 Å². The van der Waals surface area contributed by atoms with Crippen LogP contribution in [0.1, 0.15) is 19.8 Å². The standard InChI is InChI=1S/C15H19NO5/c1-4-5-10-21-12-8-6-11(7-9-12)16-13(14(17)19-2)15(18)20-3/h6-9H,4-5,10H2,1-3H3. The maximum atomic E-state index is 11.5. The summed E-state index contributed by atoms with van der Waals surface area (Å²) in [6.45, 7) is 2.73. The third-order valence-corrected chi connectivity index (χ3v) is 2.60. The fraction of sp³-hybridized carbons (Fsp3) is 0.400. The van der Waals surface area contributed by atoms with E-state index in [9.17, 15) is 9.59 Å². The molecule has 0 saturated carbocycles. The normalized spacial score (nSPS) is 9.67. The summed E-state index contributed by atoms with van der Waals surface area (Å²) in [5, 5.41) is 0. The summed E-state index contributed by atoms with van der Waals surface area (Å²) in [6.07, 6.45) is 2.04. The fourth-order valence-corrected chi connectivity index (χ4v) is 1.45. The number of rotatable bonds is 7. The number of nitrogens with zero attached hydrogens (tertiary/aromatic N) is 1. The zero-order valence-corrected chi connectivity index (χ0v) is 12.4. The molecule has 0 bridgehead atoms. The molecule has 1 rings (SSSR count). The molecule has 21 heavy (non-hydrogen) atoms. The van der Waals surface area contributed by atoms with Crippen LogP contribution in [0, 0.1) is 0 Å². The van der Waals surface area contributed by atoms with Gasteiger partial charge in [-0.2, -0.15) is 0 Å². The lowest BCUT2D eigenvalue weighted by Gasteiger charge is -2.06. The molecule has 0 N–H and O–H groups in total. The van der Waals surface area contributed by atoms with E-state index in [2.05, 4.69) is 21.4 Å². The molecule has 0 saturated heterocycles. The van der Waals surface area contributed by atoms with Crippen molar-refractivity contribution in [2.24, 2.45) is 4.99 Å². The summed E-state index contributed by atoms with van der Waals surface area (Å²) < 4.78 is 14.5. The van der Waals surface area contributed by atoms with Crippen LogP contribution < -0.4 is 4.74 Å². The topological polar surface area (TPSA) is 74.2 Å². The Morgan fingerprint density at radius 3 is 2.10 bits per heavy atom. The minimum atomic E-state index is -0.842. The van der Waals surface area contributed by atoms with Gasteiger partial charge < -0.3 is 14.2 Å². The number of ether oxygens (including phenoxy) is 3. The number of aliphatic imine (C=N–C) groups is 1. The monoisotopic (exact) mass is 293 g/mol. The van der Waals surface area contributed by atoms with Gasteiger partial charge in [-0.1, -0.05) is 13.3 Å². The lowest BCUT2D eigenvalue weighted by Crippen LogP contribution is -2.26. The zero-order chi connectivity index (χ0) is 15.7. The lowest BCUT2D eigenvalue weighted by atomic mass is 10.3. The molecule has 0 spiro atoms. The smallest absolute Gasteiger partial charge is 0.364 e. The van der Waals surface area contributed by atoms with Crippen molar-refractivity contribution in [3.05, 3.63) is 24.3 Å². The summed E-state index contributed by atoms with van der Waals surface area (Å²) in [6, 6.07) is 6.74. The van der Waals surface area contributed by atoms with Gasteiger partial charge >= 0.3 is 11.9 Å². The maximum Gasteiger partial charge on any atom is 0.364 e. The van der Waals surface area contributed by atoms with Crippen molar-refractivity contribution in [1.82, 2.24) is 0 Å². The first-order valence-corrected chi connectivity index (χ1v) is 6.60. The second-order valence-corrected chi connectivity index (χ2v) is 4.14. The van der Waals surface area contributed by atoms with Gasteiger partial charge in [0, 0.05) is 0 Å². The third kappa shape index (κ3) is 5.25. The van der Waals surface area contributed by atoms with E-state index >= 15 is 0 Å². The highest BCUT2D eigenvalue weighted by Crippen LogP contribution is 2.19. The van der Waals surface area contributed by atoms with Crippen LogP contribution in [-0.2, 0) is 19.1 Å². The summed E-state index contributed by atoms with van der Waals surface area (Å²) in [5.41, 5.74) is 0.0308.